The molecule has 0 radical (unpaired) electrons. The predicted octanol–water partition coefficient (Wildman–Crippen LogP) is 3.30. The summed E-state index contributed by atoms with van der Waals surface area (Å²) in [5.41, 5.74) is 8.11. The molecule has 2 heteroatoms. The summed E-state index contributed by atoms with van der Waals surface area (Å²) in [7, 11) is 0. The van der Waals surface area contributed by atoms with Crippen molar-refractivity contribution in [3.63, 3.8) is 0 Å². The molecule has 0 spiro atoms. The van der Waals surface area contributed by atoms with Gasteiger partial charge in [0.15, 0.2) is 5.78 Å². The van der Waals surface area contributed by atoms with E-state index in [9.17, 15) is 4.79 Å². The van der Waals surface area contributed by atoms with Gasteiger partial charge in [-0.15, -0.1) is 0 Å². The van der Waals surface area contributed by atoms with Crippen LogP contribution in [0.1, 0.15) is 54.4 Å². The third kappa shape index (κ3) is 1.85. The molecule has 0 amide bonds. The van der Waals surface area contributed by atoms with E-state index in [2.05, 4.69) is 12.1 Å². The molecule has 4 saturated carbocycles. The van der Waals surface area contributed by atoms with E-state index < -0.39 is 0 Å². The monoisotopic (exact) mass is 269 g/mol. The summed E-state index contributed by atoms with van der Waals surface area (Å²) in [6.07, 6.45) is 8.56. The molecule has 0 aromatic heterocycles. The number of carbonyl (C=O) groups is 1. The highest BCUT2D eigenvalue weighted by molar-refractivity contribution is 5.97. The van der Waals surface area contributed by atoms with Crippen LogP contribution >= 0.6 is 0 Å². The maximum Gasteiger partial charge on any atom is 0.176 e. The zero-order valence-corrected chi connectivity index (χ0v) is 12.0. The molecule has 4 aliphatic carbocycles. The molecule has 2 nitrogen and oxygen atoms in total. The molecule has 5 rings (SSSR count). The molecule has 0 atom stereocenters. The van der Waals surface area contributed by atoms with Crippen LogP contribution in [0.3, 0.4) is 0 Å². The van der Waals surface area contributed by atoms with E-state index in [-0.39, 0.29) is 12.3 Å². The average Bonchev–Trinajstić information content (AvgIpc) is 2.45. The van der Waals surface area contributed by atoms with Gasteiger partial charge >= 0.3 is 0 Å². The zero-order chi connectivity index (χ0) is 13.7. The lowest BCUT2D eigenvalue weighted by molar-refractivity contribution is -0.00519. The highest BCUT2D eigenvalue weighted by Crippen LogP contribution is 2.60. The molecule has 0 aliphatic heterocycles. The second kappa shape index (κ2) is 4.42. The normalized spacial score (nSPS) is 38.1. The van der Waals surface area contributed by atoms with E-state index in [0.717, 1.165) is 23.3 Å². The maximum absolute atomic E-state index is 11.6. The van der Waals surface area contributed by atoms with E-state index in [4.69, 9.17) is 5.73 Å². The lowest BCUT2D eigenvalue weighted by Gasteiger charge is -2.57. The quantitative estimate of drug-likeness (QED) is 0.856. The van der Waals surface area contributed by atoms with Gasteiger partial charge in [0.1, 0.15) is 0 Å². The standard InChI is InChI=1S/C18H23NO/c19-11-17(20)15-1-3-16(4-2-15)18-8-12-5-13(9-18)7-14(6-12)10-18/h1-4,12-14H,5-11,19H2. The van der Waals surface area contributed by atoms with Crippen LogP contribution in [-0.2, 0) is 5.41 Å². The minimum absolute atomic E-state index is 0.0436. The third-order valence-corrected chi connectivity index (χ3v) is 6.04. The molecule has 1 aromatic carbocycles. The van der Waals surface area contributed by atoms with Crippen molar-refractivity contribution in [1.29, 1.82) is 0 Å². The van der Waals surface area contributed by atoms with E-state index >= 15 is 0 Å². The Kier molecular flexibility index (Phi) is 2.78. The van der Waals surface area contributed by atoms with Crippen molar-refractivity contribution in [1.82, 2.24) is 0 Å². The second-order valence-electron chi connectivity index (χ2n) is 7.40. The molecule has 4 aliphatic rings. The largest absolute Gasteiger partial charge is 0.324 e. The summed E-state index contributed by atoms with van der Waals surface area (Å²) in [5, 5.41) is 0. The van der Waals surface area contributed by atoms with Crippen molar-refractivity contribution in [3.05, 3.63) is 35.4 Å². The van der Waals surface area contributed by atoms with Gasteiger partial charge in [0.2, 0.25) is 0 Å². The summed E-state index contributed by atoms with van der Waals surface area (Å²) >= 11 is 0. The number of ketones is 1. The predicted molar refractivity (Wildman–Crippen MR) is 79.7 cm³/mol. The van der Waals surface area contributed by atoms with Crippen molar-refractivity contribution >= 4 is 5.78 Å². The molecule has 2 N–H and O–H groups in total. The summed E-state index contributed by atoms with van der Waals surface area (Å²) in [6, 6.07) is 8.39. The van der Waals surface area contributed by atoms with Crippen molar-refractivity contribution in [2.75, 3.05) is 6.54 Å². The van der Waals surface area contributed by atoms with E-state index in [1.165, 1.54) is 44.1 Å². The van der Waals surface area contributed by atoms with Crippen LogP contribution in [0, 0.1) is 17.8 Å². The molecule has 0 heterocycles. The molecule has 1 aromatic rings. The van der Waals surface area contributed by atoms with Gasteiger partial charge in [-0.1, -0.05) is 24.3 Å². The summed E-state index contributed by atoms with van der Waals surface area (Å²) < 4.78 is 0. The smallest absolute Gasteiger partial charge is 0.176 e. The van der Waals surface area contributed by atoms with E-state index in [1.807, 2.05) is 12.1 Å². The molecule has 4 fully saturated rings. The molecule has 4 bridgehead atoms. The lowest BCUT2D eigenvalue weighted by atomic mass is 9.48. The van der Waals surface area contributed by atoms with Gasteiger partial charge in [-0.2, -0.15) is 0 Å². The Balaban J connectivity index is 1.65. The fraction of sp³-hybridized carbons (Fsp3) is 0.611. The van der Waals surface area contributed by atoms with Crippen LogP contribution in [0.5, 0.6) is 0 Å². The van der Waals surface area contributed by atoms with Crippen LogP contribution in [0.25, 0.3) is 0 Å². The van der Waals surface area contributed by atoms with Gasteiger partial charge in [-0.25, -0.2) is 0 Å². The van der Waals surface area contributed by atoms with Crippen LogP contribution in [-0.4, -0.2) is 12.3 Å². The highest BCUT2D eigenvalue weighted by Gasteiger charge is 2.51. The number of carbonyl (C=O) groups excluding carboxylic acids is 1. The van der Waals surface area contributed by atoms with Crippen molar-refractivity contribution in [3.8, 4) is 0 Å². The maximum atomic E-state index is 11.6. The van der Waals surface area contributed by atoms with Crippen LogP contribution in [0.15, 0.2) is 24.3 Å². The van der Waals surface area contributed by atoms with Gasteiger partial charge < -0.3 is 5.73 Å². The van der Waals surface area contributed by atoms with Gasteiger partial charge in [0, 0.05) is 5.56 Å². The SMILES string of the molecule is NCC(=O)c1ccc(C23CC4CC(CC(C4)C2)C3)cc1. The van der Waals surface area contributed by atoms with Crippen molar-refractivity contribution < 1.29 is 4.79 Å². The molecular formula is C18H23NO. The molecule has 0 unspecified atom stereocenters. The first-order valence-corrected chi connectivity index (χ1v) is 8.02. The Morgan fingerprint density at radius 2 is 1.50 bits per heavy atom. The first-order chi connectivity index (χ1) is 9.68. The topological polar surface area (TPSA) is 43.1 Å². The van der Waals surface area contributed by atoms with Crippen LogP contribution in [0.2, 0.25) is 0 Å². The fourth-order valence-corrected chi connectivity index (χ4v) is 5.59. The van der Waals surface area contributed by atoms with Gasteiger partial charge in [0.25, 0.3) is 0 Å². The zero-order valence-electron chi connectivity index (χ0n) is 12.0. The summed E-state index contributed by atoms with van der Waals surface area (Å²) in [6.45, 7) is 0.108. The molecule has 0 saturated heterocycles. The van der Waals surface area contributed by atoms with Crippen LogP contribution in [0.4, 0.5) is 0 Å². The van der Waals surface area contributed by atoms with Gasteiger partial charge in [0.05, 0.1) is 6.54 Å². The van der Waals surface area contributed by atoms with Gasteiger partial charge in [-0.3, -0.25) is 4.79 Å². The number of rotatable bonds is 3. The first-order valence-electron chi connectivity index (χ1n) is 8.02. The Morgan fingerprint density at radius 3 is 1.95 bits per heavy atom. The van der Waals surface area contributed by atoms with Crippen molar-refractivity contribution in [2.24, 2.45) is 23.5 Å². The average molecular weight is 269 g/mol. The van der Waals surface area contributed by atoms with Gasteiger partial charge in [-0.05, 0) is 67.3 Å². The Bertz CT molecular complexity index is 496. The molecule has 106 valence electrons. The second-order valence-corrected chi connectivity index (χ2v) is 7.40. The number of Topliss-reactive ketones (excluding diaryl/α,β-unsaturated/α-hetero) is 1. The Morgan fingerprint density at radius 1 is 1.00 bits per heavy atom. The molecule has 20 heavy (non-hydrogen) atoms. The van der Waals surface area contributed by atoms with Crippen molar-refractivity contribution in [2.45, 2.75) is 43.9 Å². The highest BCUT2D eigenvalue weighted by atomic mass is 16.1. The minimum atomic E-state index is 0.0436. The number of benzene rings is 1. The number of hydrogen-bond donors (Lipinski definition) is 1. The lowest BCUT2D eigenvalue weighted by Crippen LogP contribution is -2.48. The fourth-order valence-electron chi connectivity index (χ4n) is 5.59. The first kappa shape index (κ1) is 12.6. The Labute approximate surface area is 120 Å². The number of hydrogen-bond acceptors (Lipinski definition) is 2. The molecular weight excluding hydrogens is 246 g/mol. The van der Waals surface area contributed by atoms with Crippen LogP contribution < -0.4 is 5.73 Å². The third-order valence-electron chi connectivity index (χ3n) is 6.04. The van der Waals surface area contributed by atoms with E-state index in [1.54, 1.807) is 0 Å². The van der Waals surface area contributed by atoms with E-state index in [0.29, 0.717) is 5.41 Å². The Hall–Kier alpha value is -1.15. The summed E-state index contributed by atoms with van der Waals surface area (Å²) in [4.78, 5) is 11.6. The minimum Gasteiger partial charge on any atom is -0.324 e. The summed E-state index contributed by atoms with van der Waals surface area (Å²) in [5.74, 6) is 2.94. The number of nitrogens with two attached hydrogens (primary N) is 1.